The minimum atomic E-state index is -1.77. The lowest BCUT2D eigenvalue weighted by Crippen LogP contribution is -2.62. The highest BCUT2D eigenvalue weighted by molar-refractivity contribution is 5.97. The maximum atomic E-state index is 12.8. The number of carbonyl (C=O) groups excluding carboxylic acids is 5. The monoisotopic (exact) mass is 534 g/mol. The van der Waals surface area contributed by atoms with E-state index in [0.29, 0.717) is 0 Å². The zero-order valence-corrected chi connectivity index (χ0v) is 21.3. The van der Waals surface area contributed by atoms with Crippen LogP contribution in [-0.2, 0) is 28.8 Å². The van der Waals surface area contributed by atoms with Crippen LogP contribution >= 0.6 is 0 Å². The summed E-state index contributed by atoms with van der Waals surface area (Å²) >= 11 is 0. The molecule has 0 saturated carbocycles. The van der Waals surface area contributed by atoms with Crippen molar-refractivity contribution in [3.63, 3.8) is 0 Å². The molecule has 5 amide bonds. The largest absolute Gasteiger partial charge is 0.480 e. The highest BCUT2D eigenvalue weighted by atomic mass is 16.4. The van der Waals surface area contributed by atoms with E-state index in [1.165, 1.54) is 6.92 Å². The highest BCUT2D eigenvalue weighted by Gasteiger charge is 2.36. The van der Waals surface area contributed by atoms with Crippen molar-refractivity contribution in [1.82, 2.24) is 21.3 Å². The number of carboxylic acids is 1. The Morgan fingerprint density at radius 2 is 1.03 bits per heavy atom. The van der Waals surface area contributed by atoms with E-state index >= 15 is 0 Å². The average Bonchev–Trinajstić information content (AvgIpc) is 2.76. The maximum Gasteiger partial charge on any atom is 0.328 e. The molecule has 0 aliphatic heterocycles. The van der Waals surface area contributed by atoms with E-state index in [1.54, 1.807) is 13.8 Å². The summed E-state index contributed by atoms with van der Waals surface area (Å²) in [6.07, 6.45) is -5.34. The number of nitrogens with one attached hydrogen (secondary N) is 4. The molecule has 0 spiro atoms. The molecule has 0 aromatic carbocycles. The van der Waals surface area contributed by atoms with Crippen LogP contribution in [0.5, 0.6) is 0 Å². The molecule has 0 heterocycles. The quantitative estimate of drug-likeness (QED) is 0.0949. The number of nitrogens with two attached hydrogens (primary N) is 2. The van der Waals surface area contributed by atoms with Gasteiger partial charge in [0.1, 0.15) is 18.1 Å². The van der Waals surface area contributed by atoms with Gasteiger partial charge in [0.15, 0.2) is 6.04 Å². The SMILES string of the molecule is CC(C)C(N)C(=O)NC(C(=O)NC(CC(N)=O)C(=O)NC(C(=O)NC(C(=O)O)C(C)O)C(C)O)C(C)O. The lowest BCUT2D eigenvalue weighted by Gasteiger charge is -2.28. The summed E-state index contributed by atoms with van der Waals surface area (Å²) in [6.45, 7) is 6.69. The molecule has 16 heteroatoms. The number of hydrogen-bond acceptors (Lipinski definition) is 10. The number of aliphatic carboxylic acids is 1. The summed E-state index contributed by atoms with van der Waals surface area (Å²) in [4.78, 5) is 73.2. The molecule has 16 nitrogen and oxygen atoms in total. The van der Waals surface area contributed by atoms with Gasteiger partial charge in [-0.05, 0) is 26.7 Å². The Balaban J connectivity index is 5.75. The molecule has 0 bridgehead atoms. The molecule has 0 aromatic rings. The average molecular weight is 535 g/mol. The Hall–Kier alpha value is -3.34. The van der Waals surface area contributed by atoms with Crippen molar-refractivity contribution in [2.75, 3.05) is 0 Å². The minimum Gasteiger partial charge on any atom is -0.480 e. The second-order valence-electron chi connectivity index (χ2n) is 9.02. The fourth-order valence-electron chi connectivity index (χ4n) is 2.92. The highest BCUT2D eigenvalue weighted by Crippen LogP contribution is 2.04. The molecule has 0 aliphatic rings. The van der Waals surface area contributed by atoms with E-state index in [1.807, 2.05) is 5.32 Å². The predicted molar refractivity (Wildman–Crippen MR) is 127 cm³/mol. The topological polar surface area (TPSA) is 284 Å². The third-order valence-corrected chi connectivity index (χ3v) is 5.23. The first kappa shape index (κ1) is 33.7. The summed E-state index contributed by atoms with van der Waals surface area (Å²) in [5, 5.41) is 47.1. The fraction of sp³-hybridized carbons (Fsp3) is 0.714. The first-order chi connectivity index (χ1) is 16.9. The van der Waals surface area contributed by atoms with E-state index in [0.717, 1.165) is 13.8 Å². The van der Waals surface area contributed by atoms with Gasteiger partial charge in [0.25, 0.3) is 0 Å². The second-order valence-corrected chi connectivity index (χ2v) is 9.02. The molecule has 37 heavy (non-hydrogen) atoms. The molecule has 8 atom stereocenters. The van der Waals surface area contributed by atoms with Gasteiger partial charge < -0.3 is 53.2 Å². The number of aliphatic hydroxyl groups excluding tert-OH is 3. The summed E-state index contributed by atoms with van der Waals surface area (Å²) in [6, 6.07) is -7.85. The Morgan fingerprint density at radius 1 is 0.649 bits per heavy atom. The van der Waals surface area contributed by atoms with Gasteiger partial charge >= 0.3 is 5.97 Å². The third-order valence-electron chi connectivity index (χ3n) is 5.23. The van der Waals surface area contributed by atoms with Crippen LogP contribution in [0.15, 0.2) is 0 Å². The summed E-state index contributed by atoms with van der Waals surface area (Å²) in [5.74, 6) is -7.13. The van der Waals surface area contributed by atoms with Gasteiger partial charge in [-0.15, -0.1) is 0 Å². The second kappa shape index (κ2) is 15.0. The van der Waals surface area contributed by atoms with E-state index in [-0.39, 0.29) is 5.92 Å². The van der Waals surface area contributed by atoms with Crippen LogP contribution in [0.4, 0.5) is 0 Å². The van der Waals surface area contributed by atoms with Crippen LogP contribution in [0.25, 0.3) is 0 Å². The fourth-order valence-corrected chi connectivity index (χ4v) is 2.92. The zero-order valence-electron chi connectivity index (χ0n) is 21.3. The van der Waals surface area contributed by atoms with E-state index in [2.05, 4.69) is 16.0 Å². The van der Waals surface area contributed by atoms with Gasteiger partial charge in [-0.2, -0.15) is 0 Å². The smallest absolute Gasteiger partial charge is 0.328 e. The number of hydrogen-bond donors (Lipinski definition) is 10. The van der Waals surface area contributed by atoms with Crippen LogP contribution in [-0.4, -0.2) is 104 Å². The van der Waals surface area contributed by atoms with Crippen molar-refractivity contribution in [3.8, 4) is 0 Å². The van der Waals surface area contributed by atoms with Gasteiger partial charge in [0.2, 0.25) is 29.5 Å². The molecule has 212 valence electrons. The first-order valence-corrected chi connectivity index (χ1v) is 11.4. The van der Waals surface area contributed by atoms with Crippen LogP contribution in [0.2, 0.25) is 0 Å². The number of carbonyl (C=O) groups is 6. The van der Waals surface area contributed by atoms with Crippen molar-refractivity contribution in [1.29, 1.82) is 0 Å². The molecule has 12 N–H and O–H groups in total. The molecular weight excluding hydrogens is 496 g/mol. The van der Waals surface area contributed by atoms with Crippen molar-refractivity contribution >= 4 is 35.5 Å². The molecule has 0 aromatic heterocycles. The van der Waals surface area contributed by atoms with E-state index in [4.69, 9.17) is 16.6 Å². The van der Waals surface area contributed by atoms with Crippen LogP contribution < -0.4 is 32.7 Å². The lowest BCUT2D eigenvalue weighted by molar-refractivity contribution is -0.146. The van der Waals surface area contributed by atoms with Crippen LogP contribution in [0, 0.1) is 5.92 Å². The predicted octanol–water partition coefficient (Wildman–Crippen LogP) is -4.99. The van der Waals surface area contributed by atoms with Gasteiger partial charge in [-0.1, -0.05) is 13.8 Å². The summed E-state index contributed by atoms with van der Waals surface area (Å²) < 4.78 is 0. The van der Waals surface area contributed by atoms with Crippen molar-refractivity contribution in [2.24, 2.45) is 17.4 Å². The first-order valence-electron chi connectivity index (χ1n) is 11.4. The third kappa shape index (κ3) is 11.1. The van der Waals surface area contributed by atoms with Gasteiger partial charge in [-0.25, -0.2) is 4.79 Å². The number of rotatable bonds is 15. The van der Waals surface area contributed by atoms with E-state index in [9.17, 15) is 44.1 Å². The van der Waals surface area contributed by atoms with Crippen molar-refractivity contribution in [2.45, 2.75) is 89.6 Å². The van der Waals surface area contributed by atoms with Gasteiger partial charge in [-0.3, -0.25) is 24.0 Å². The van der Waals surface area contributed by atoms with Crippen LogP contribution in [0.1, 0.15) is 41.0 Å². The van der Waals surface area contributed by atoms with Crippen molar-refractivity contribution < 1.29 is 49.2 Å². The Bertz CT molecular complexity index is 848. The molecule has 0 saturated heterocycles. The van der Waals surface area contributed by atoms with Crippen molar-refractivity contribution in [3.05, 3.63) is 0 Å². The summed E-state index contributed by atoms with van der Waals surface area (Å²) in [5.41, 5.74) is 10.9. The Labute approximate surface area is 213 Å². The molecule has 0 aliphatic carbocycles. The van der Waals surface area contributed by atoms with Crippen LogP contribution in [0.3, 0.4) is 0 Å². The zero-order chi connectivity index (χ0) is 29.2. The molecule has 0 radical (unpaired) electrons. The summed E-state index contributed by atoms with van der Waals surface area (Å²) in [7, 11) is 0. The number of primary amides is 1. The minimum absolute atomic E-state index is 0.302. The lowest BCUT2D eigenvalue weighted by atomic mass is 10.0. The van der Waals surface area contributed by atoms with Gasteiger partial charge in [0, 0.05) is 0 Å². The normalized spacial score (nSPS) is 17.7. The number of amides is 5. The van der Waals surface area contributed by atoms with Gasteiger partial charge in [0.05, 0.1) is 30.8 Å². The maximum absolute atomic E-state index is 12.8. The van der Waals surface area contributed by atoms with E-state index < -0.39 is 90.4 Å². The molecule has 8 unspecified atom stereocenters. The molecular formula is C21H38N6O10. The Morgan fingerprint density at radius 3 is 1.38 bits per heavy atom. The molecule has 0 rings (SSSR count). The number of aliphatic hydroxyl groups is 3. The number of carboxylic acid groups (broad SMARTS) is 1. The Kier molecular flexibility index (Phi) is 13.7. The standard InChI is InChI=1S/C21H38N6O10/c1-7(2)13(23)18(33)26-14(8(3)28)19(34)24-11(6-12(22)31)17(32)25-15(9(4)29)20(35)27-16(10(5)30)21(36)37/h7-11,13-16,28-30H,6,23H2,1-5H3,(H2,22,31)(H,24,34)(H,25,32)(H,26,33)(H,27,35)(H,36,37). The molecule has 0 fully saturated rings.